The second kappa shape index (κ2) is 5.96. The normalized spacial score (nSPS) is 18.3. The first kappa shape index (κ1) is 13.0. The van der Waals surface area contributed by atoms with Gasteiger partial charge in [0.15, 0.2) is 0 Å². The van der Waals surface area contributed by atoms with Crippen molar-refractivity contribution in [1.82, 2.24) is 5.32 Å². The van der Waals surface area contributed by atoms with Crippen molar-refractivity contribution < 1.29 is 13.9 Å². The molecule has 0 radical (unpaired) electrons. The van der Waals surface area contributed by atoms with E-state index in [0.29, 0.717) is 13.1 Å². The van der Waals surface area contributed by atoms with Crippen LogP contribution >= 0.6 is 0 Å². The van der Waals surface area contributed by atoms with Gasteiger partial charge in [0.05, 0.1) is 6.61 Å². The lowest BCUT2D eigenvalue weighted by Crippen LogP contribution is -2.40. The number of piperidine rings is 1. The van der Waals surface area contributed by atoms with E-state index in [2.05, 4.69) is 5.32 Å². The summed E-state index contributed by atoms with van der Waals surface area (Å²) in [4.78, 5) is 10.2. The van der Waals surface area contributed by atoms with Gasteiger partial charge in [-0.25, -0.2) is 4.39 Å². The van der Waals surface area contributed by atoms with Gasteiger partial charge in [0.25, 0.3) is 6.47 Å². The lowest BCUT2D eigenvalue weighted by Gasteiger charge is -2.38. The molecule has 0 bridgehead atoms. The summed E-state index contributed by atoms with van der Waals surface area (Å²) >= 11 is 0. The molecule has 1 heterocycles. The molecular weight excluding hydrogens is 233 g/mol. The Morgan fingerprint density at radius 1 is 1.28 bits per heavy atom. The molecule has 0 aliphatic carbocycles. The average molecular weight is 251 g/mol. The molecular formula is C14H18FNO2. The van der Waals surface area contributed by atoms with Crippen molar-refractivity contribution in [3.63, 3.8) is 0 Å². The van der Waals surface area contributed by atoms with Gasteiger partial charge >= 0.3 is 0 Å². The van der Waals surface area contributed by atoms with Gasteiger partial charge in [0, 0.05) is 5.41 Å². The molecule has 18 heavy (non-hydrogen) atoms. The largest absolute Gasteiger partial charge is 0.468 e. The third kappa shape index (κ3) is 2.88. The molecule has 98 valence electrons. The van der Waals surface area contributed by atoms with Crippen LogP contribution < -0.4 is 5.32 Å². The van der Waals surface area contributed by atoms with Crippen LogP contribution in [-0.2, 0) is 14.9 Å². The molecule has 2 rings (SSSR count). The van der Waals surface area contributed by atoms with E-state index in [9.17, 15) is 9.18 Å². The maximum absolute atomic E-state index is 13.0. The standard InChI is InChI=1S/C14H18FNO2/c15-13-3-1-12(2-4-13)14(7-10-18-11-17)5-8-16-9-6-14/h1-4,11,16H,5-10H2. The van der Waals surface area contributed by atoms with Gasteiger partial charge in [0.2, 0.25) is 0 Å². The first-order valence-electron chi connectivity index (χ1n) is 6.29. The Morgan fingerprint density at radius 3 is 2.56 bits per heavy atom. The Kier molecular flexibility index (Phi) is 4.31. The fourth-order valence-electron chi connectivity index (χ4n) is 2.69. The molecule has 0 atom stereocenters. The van der Waals surface area contributed by atoms with Crippen molar-refractivity contribution in [2.75, 3.05) is 19.7 Å². The van der Waals surface area contributed by atoms with Crippen molar-refractivity contribution in [3.05, 3.63) is 35.6 Å². The first-order chi connectivity index (χ1) is 8.77. The summed E-state index contributed by atoms with van der Waals surface area (Å²) in [6.07, 6.45) is 2.76. The summed E-state index contributed by atoms with van der Waals surface area (Å²) in [5.74, 6) is -0.216. The molecule has 1 N–H and O–H groups in total. The van der Waals surface area contributed by atoms with E-state index in [1.165, 1.54) is 12.1 Å². The number of carbonyl (C=O) groups is 1. The molecule has 0 saturated carbocycles. The van der Waals surface area contributed by atoms with Gasteiger partial charge in [-0.1, -0.05) is 12.1 Å². The Labute approximate surface area is 106 Å². The molecule has 1 fully saturated rings. The third-order valence-electron chi connectivity index (χ3n) is 3.78. The number of carbonyl (C=O) groups excluding carboxylic acids is 1. The first-order valence-corrected chi connectivity index (χ1v) is 6.29. The second-order valence-corrected chi connectivity index (χ2v) is 4.75. The Morgan fingerprint density at radius 2 is 1.94 bits per heavy atom. The van der Waals surface area contributed by atoms with Gasteiger partial charge in [0.1, 0.15) is 5.82 Å². The highest BCUT2D eigenvalue weighted by atomic mass is 19.1. The van der Waals surface area contributed by atoms with Crippen LogP contribution in [0.3, 0.4) is 0 Å². The topological polar surface area (TPSA) is 38.3 Å². The van der Waals surface area contributed by atoms with Crippen LogP contribution in [0.1, 0.15) is 24.8 Å². The Balaban J connectivity index is 2.17. The minimum Gasteiger partial charge on any atom is -0.468 e. The van der Waals surface area contributed by atoms with Gasteiger partial charge in [-0.15, -0.1) is 0 Å². The summed E-state index contributed by atoms with van der Waals surface area (Å²) in [5.41, 5.74) is 1.14. The van der Waals surface area contributed by atoms with Gasteiger partial charge in [-0.2, -0.15) is 0 Å². The van der Waals surface area contributed by atoms with Crippen molar-refractivity contribution >= 4 is 6.47 Å². The minimum absolute atomic E-state index is 0.00194. The van der Waals surface area contributed by atoms with Crippen molar-refractivity contribution in [3.8, 4) is 0 Å². The van der Waals surface area contributed by atoms with E-state index >= 15 is 0 Å². The van der Waals surface area contributed by atoms with E-state index in [4.69, 9.17) is 4.74 Å². The summed E-state index contributed by atoms with van der Waals surface area (Å²) in [7, 11) is 0. The lowest BCUT2D eigenvalue weighted by molar-refractivity contribution is -0.129. The summed E-state index contributed by atoms with van der Waals surface area (Å²) < 4.78 is 17.8. The van der Waals surface area contributed by atoms with E-state index in [-0.39, 0.29) is 11.2 Å². The zero-order valence-electron chi connectivity index (χ0n) is 10.3. The molecule has 1 saturated heterocycles. The molecule has 1 aliphatic heterocycles. The van der Waals surface area contributed by atoms with Crippen molar-refractivity contribution in [1.29, 1.82) is 0 Å². The summed E-state index contributed by atoms with van der Waals surface area (Å²) in [5, 5.41) is 3.33. The van der Waals surface area contributed by atoms with Crippen LogP contribution in [0.25, 0.3) is 0 Å². The Hall–Kier alpha value is -1.42. The molecule has 1 aliphatic rings. The predicted octanol–water partition coefficient (Wildman–Crippen LogP) is 2.01. The minimum atomic E-state index is -0.216. The quantitative estimate of drug-likeness (QED) is 0.642. The number of rotatable bonds is 5. The predicted molar refractivity (Wildman–Crippen MR) is 66.8 cm³/mol. The Bertz CT molecular complexity index is 385. The van der Waals surface area contributed by atoms with Gasteiger partial charge in [-0.05, 0) is 50.0 Å². The van der Waals surface area contributed by atoms with E-state index in [0.717, 1.165) is 37.9 Å². The van der Waals surface area contributed by atoms with Crippen LogP contribution in [0.2, 0.25) is 0 Å². The smallest absolute Gasteiger partial charge is 0.293 e. The molecule has 0 unspecified atom stereocenters. The molecule has 0 amide bonds. The maximum atomic E-state index is 13.0. The number of nitrogens with one attached hydrogen (secondary N) is 1. The van der Waals surface area contributed by atoms with Gasteiger partial charge in [-0.3, -0.25) is 4.79 Å². The van der Waals surface area contributed by atoms with Crippen molar-refractivity contribution in [2.24, 2.45) is 0 Å². The molecule has 0 spiro atoms. The number of halogens is 1. The highest BCUT2D eigenvalue weighted by Crippen LogP contribution is 2.36. The zero-order chi connectivity index (χ0) is 12.8. The fourth-order valence-corrected chi connectivity index (χ4v) is 2.69. The molecule has 0 aromatic heterocycles. The molecule has 3 nitrogen and oxygen atoms in total. The second-order valence-electron chi connectivity index (χ2n) is 4.75. The third-order valence-corrected chi connectivity index (χ3v) is 3.78. The van der Waals surface area contributed by atoms with Crippen LogP contribution in [-0.4, -0.2) is 26.2 Å². The molecule has 1 aromatic rings. The van der Waals surface area contributed by atoms with Crippen LogP contribution in [0.15, 0.2) is 24.3 Å². The number of ether oxygens (including phenoxy) is 1. The molecule has 4 heteroatoms. The van der Waals surface area contributed by atoms with Crippen LogP contribution in [0.5, 0.6) is 0 Å². The fraction of sp³-hybridized carbons (Fsp3) is 0.500. The zero-order valence-corrected chi connectivity index (χ0v) is 10.3. The van der Waals surface area contributed by atoms with Gasteiger partial charge < -0.3 is 10.1 Å². The highest BCUT2D eigenvalue weighted by Gasteiger charge is 2.33. The lowest BCUT2D eigenvalue weighted by atomic mass is 9.71. The molecule has 1 aromatic carbocycles. The monoisotopic (exact) mass is 251 g/mol. The SMILES string of the molecule is O=COCCC1(c2ccc(F)cc2)CCNCC1. The number of benzene rings is 1. The number of hydrogen-bond acceptors (Lipinski definition) is 3. The average Bonchev–Trinajstić information content (AvgIpc) is 2.41. The summed E-state index contributed by atoms with van der Waals surface area (Å²) in [6.45, 7) is 2.79. The summed E-state index contributed by atoms with van der Waals surface area (Å²) in [6, 6.07) is 6.70. The van der Waals surface area contributed by atoms with Crippen molar-refractivity contribution in [2.45, 2.75) is 24.7 Å². The maximum Gasteiger partial charge on any atom is 0.293 e. The van der Waals surface area contributed by atoms with Crippen LogP contribution in [0, 0.1) is 5.82 Å². The van der Waals surface area contributed by atoms with E-state index in [1.54, 1.807) is 0 Å². The highest BCUT2D eigenvalue weighted by molar-refractivity contribution is 5.37. The van der Waals surface area contributed by atoms with E-state index < -0.39 is 0 Å². The number of hydrogen-bond donors (Lipinski definition) is 1. The van der Waals surface area contributed by atoms with Crippen LogP contribution in [0.4, 0.5) is 4.39 Å². The van der Waals surface area contributed by atoms with E-state index in [1.807, 2.05) is 12.1 Å².